The van der Waals surface area contributed by atoms with Crippen LogP contribution in [-0.4, -0.2) is 39.8 Å². The van der Waals surface area contributed by atoms with Crippen LogP contribution in [0.3, 0.4) is 0 Å². The first-order valence-electron chi connectivity index (χ1n) is 8.98. The quantitative estimate of drug-likeness (QED) is 0.529. The molecule has 2 aliphatic heterocycles. The Hall–Kier alpha value is -3.45. The van der Waals surface area contributed by atoms with Gasteiger partial charge in [-0.25, -0.2) is 9.79 Å². The average Bonchev–Trinajstić information content (AvgIpc) is 3.12. The molecule has 0 aromatic heterocycles. The van der Waals surface area contributed by atoms with Gasteiger partial charge >= 0.3 is 5.97 Å². The van der Waals surface area contributed by atoms with Crippen LogP contribution in [0.1, 0.15) is 11.1 Å². The summed E-state index contributed by atoms with van der Waals surface area (Å²) in [6, 6.07) is 8.70. The molecule has 2 aromatic carbocycles. The molecule has 0 atom stereocenters. The largest absolute Gasteiger partial charge is 0.493 e. The number of carbonyl (C=O) groups is 1. The standard InChI is InChI=1S/C22H18ClNO6/c1-26-18-9-14(10-19(27-2)20(18)28-3)21-24-16(22(25)30-21)7-12-6-13-8-15(23)4-5-17(13)29-11-12/h4-10H,11H2,1-3H3/b16-7+. The van der Waals surface area contributed by atoms with Gasteiger partial charge in [0.2, 0.25) is 11.6 Å². The predicted molar refractivity (Wildman–Crippen MR) is 112 cm³/mol. The zero-order valence-electron chi connectivity index (χ0n) is 16.5. The molecule has 0 radical (unpaired) electrons. The zero-order valence-corrected chi connectivity index (χ0v) is 17.3. The molecule has 0 aliphatic carbocycles. The number of cyclic esters (lactones) is 1. The normalized spacial score (nSPS) is 16.3. The molecule has 2 aliphatic rings. The van der Waals surface area contributed by atoms with Crippen molar-refractivity contribution in [3.8, 4) is 23.0 Å². The lowest BCUT2D eigenvalue weighted by Crippen LogP contribution is -2.08. The molecule has 7 nitrogen and oxygen atoms in total. The van der Waals surface area contributed by atoms with E-state index in [4.69, 9.17) is 35.3 Å². The van der Waals surface area contributed by atoms with Crippen LogP contribution in [0.25, 0.3) is 6.08 Å². The summed E-state index contributed by atoms with van der Waals surface area (Å²) in [5, 5.41) is 0.602. The van der Waals surface area contributed by atoms with Crippen LogP contribution in [0, 0.1) is 0 Å². The van der Waals surface area contributed by atoms with E-state index in [1.54, 1.807) is 30.3 Å². The number of carbonyl (C=O) groups excluding carboxylic acids is 1. The van der Waals surface area contributed by atoms with Crippen LogP contribution >= 0.6 is 11.6 Å². The van der Waals surface area contributed by atoms with Crippen molar-refractivity contribution in [3.63, 3.8) is 0 Å². The molecule has 0 bridgehead atoms. The lowest BCUT2D eigenvalue weighted by atomic mass is 10.1. The van der Waals surface area contributed by atoms with Gasteiger partial charge in [0.1, 0.15) is 12.4 Å². The summed E-state index contributed by atoms with van der Waals surface area (Å²) in [6.07, 6.45) is 3.54. The van der Waals surface area contributed by atoms with Gasteiger partial charge in [0.25, 0.3) is 0 Å². The summed E-state index contributed by atoms with van der Waals surface area (Å²) < 4.78 is 27.1. The fourth-order valence-corrected chi connectivity index (χ4v) is 3.34. The van der Waals surface area contributed by atoms with Crippen LogP contribution in [-0.2, 0) is 9.53 Å². The van der Waals surface area contributed by atoms with E-state index in [2.05, 4.69) is 4.99 Å². The fourth-order valence-electron chi connectivity index (χ4n) is 3.16. The number of hydrogen-bond acceptors (Lipinski definition) is 7. The minimum atomic E-state index is -0.559. The van der Waals surface area contributed by atoms with E-state index < -0.39 is 5.97 Å². The molecule has 30 heavy (non-hydrogen) atoms. The fraction of sp³-hybridized carbons (Fsp3) is 0.182. The maximum Gasteiger partial charge on any atom is 0.363 e. The molecule has 0 spiro atoms. The third-order valence-corrected chi connectivity index (χ3v) is 4.80. The predicted octanol–water partition coefficient (Wildman–Crippen LogP) is 4.03. The van der Waals surface area contributed by atoms with Crippen LogP contribution in [0.2, 0.25) is 5.02 Å². The lowest BCUT2D eigenvalue weighted by Gasteiger charge is -2.16. The molecular weight excluding hydrogens is 410 g/mol. The van der Waals surface area contributed by atoms with Crippen LogP contribution in [0.5, 0.6) is 23.0 Å². The Morgan fingerprint density at radius 3 is 2.47 bits per heavy atom. The highest BCUT2D eigenvalue weighted by Crippen LogP contribution is 2.39. The number of aliphatic imine (C=N–C) groups is 1. The van der Waals surface area contributed by atoms with Gasteiger partial charge in [-0.3, -0.25) is 0 Å². The maximum absolute atomic E-state index is 12.4. The Morgan fingerprint density at radius 1 is 1.07 bits per heavy atom. The maximum atomic E-state index is 12.4. The van der Waals surface area contributed by atoms with Crippen LogP contribution in [0.15, 0.2) is 52.7 Å². The summed E-state index contributed by atoms with van der Waals surface area (Å²) in [6.45, 7) is 0.306. The molecule has 0 amide bonds. The van der Waals surface area contributed by atoms with Crippen molar-refractivity contribution >= 4 is 29.5 Å². The van der Waals surface area contributed by atoms with Gasteiger partial charge in [-0.2, -0.15) is 0 Å². The molecule has 2 aromatic rings. The topological polar surface area (TPSA) is 75.6 Å². The van der Waals surface area contributed by atoms with Crippen molar-refractivity contribution in [2.45, 2.75) is 0 Å². The van der Waals surface area contributed by atoms with Gasteiger partial charge < -0.3 is 23.7 Å². The summed E-state index contributed by atoms with van der Waals surface area (Å²) in [4.78, 5) is 16.7. The molecule has 154 valence electrons. The summed E-state index contributed by atoms with van der Waals surface area (Å²) in [5.74, 6) is 1.62. The molecule has 0 saturated heterocycles. The Bertz CT molecular complexity index is 1090. The lowest BCUT2D eigenvalue weighted by molar-refractivity contribution is -0.130. The summed E-state index contributed by atoms with van der Waals surface area (Å²) in [5.41, 5.74) is 2.29. The Kier molecular flexibility index (Phi) is 5.37. The summed E-state index contributed by atoms with van der Waals surface area (Å²) in [7, 11) is 4.53. The Balaban J connectivity index is 1.68. The zero-order chi connectivity index (χ0) is 21.3. The molecule has 0 unspecified atom stereocenters. The van der Waals surface area contributed by atoms with Crippen LogP contribution < -0.4 is 18.9 Å². The summed E-state index contributed by atoms with van der Waals surface area (Å²) >= 11 is 6.05. The van der Waals surface area contributed by atoms with Gasteiger partial charge in [0.15, 0.2) is 17.2 Å². The number of fused-ring (bicyclic) bond motifs is 1. The van der Waals surface area contributed by atoms with Crippen molar-refractivity contribution in [2.75, 3.05) is 27.9 Å². The van der Waals surface area contributed by atoms with E-state index in [-0.39, 0.29) is 11.6 Å². The number of nitrogens with zero attached hydrogens (tertiary/aromatic N) is 1. The number of benzene rings is 2. The van der Waals surface area contributed by atoms with Gasteiger partial charge in [0.05, 0.1) is 21.3 Å². The minimum Gasteiger partial charge on any atom is -0.493 e. The van der Waals surface area contributed by atoms with Crippen molar-refractivity contribution in [1.29, 1.82) is 0 Å². The smallest absolute Gasteiger partial charge is 0.363 e. The second-order valence-electron chi connectivity index (χ2n) is 6.44. The number of hydrogen-bond donors (Lipinski definition) is 0. The number of ether oxygens (including phenoxy) is 5. The van der Waals surface area contributed by atoms with E-state index in [9.17, 15) is 4.79 Å². The van der Waals surface area contributed by atoms with Crippen molar-refractivity contribution < 1.29 is 28.5 Å². The van der Waals surface area contributed by atoms with Crippen molar-refractivity contribution in [1.82, 2.24) is 0 Å². The molecule has 2 heterocycles. The van der Waals surface area contributed by atoms with Gasteiger partial charge in [-0.15, -0.1) is 0 Å². The first-order valence-corrected chi connectivity index (χ1v) is 9.36. The molecule has 8 heteroatoms. The number of rotatable bonds is 5. The number of esters is 1. The third kappa shape index (κ3) is 3.71. The second-order valence-corrected chi connectivity index (χ2v) is 6.88. The number of methoxy groups -OCH3 is 3. The Morgan fingerprint density at radius 2 is 1.80 bits per heavy atom. The Labute approximate surface area is 178 Å². The minimum absolute atomic E-state index is 0.145. The van der Waals surface area contributed by atoms with E-state index in [1.165, 1.54) is 21.3 Å². The van der Waals surface area contributed by atoms with Crippen LogP contribution in [0.4, 0.5) is 0 Å². The van der Waals surface area contributed by atoms with E-state index in [0.717, 1.165) is 16.9 Å². The monoisotopic (exact) mass is 427 g/mol. The SMILES string of the molecule is COc1cc(C2=N/C(=C/C3=Cc4cc(Cl)ccc4OC3)C(=O)O2)cc(OC)c1OC. The van der Waals surface area contributed by atoms with Gasteiger partial charge in [-0.1, -0.05) is 11.6 Å². The first-order chi connectivity index (χ1) is 14.5. The third-order valence-electron chi connectivity index (χ3n) is 4.56. The second kappa shape index (κ2) is 8.12. The highest BCUT2D eigenvalue weighted by molar-refractivity contribution is 6.30. The first kappa shape index (κ1) is 19.8. The highest BCUT2D eigenvalue weighted by atomic mass is 35.5. The average molecular weight is 428 g/mol. The van der Waals surface area contributed by atoms with Gasteiger partial charge in [-0.05, 0) is 48.1 Å². The molecular formula is C22H18ClNO6. The number of halogens is 1. The van der Waals surface area contributed by atoms with E-state index >= 15 is 0 Å². The van der Waals surface area contributed by atoms with E-state index in [0.29, 0.717) is 34.4 Å². The molecule has 0 saturated carbocycles. The molecule has 0 fully saturated rings. The van der Waals surface area contributed by atoms with E-state index in [1.807, 2.05) is 12.1 Å². The molecule has 4 rings (SSSR count). The molecule has 0 N–H and O–H groups in total. The van der Waals surface area contributed by atoms with Crippen molar-refractivity contribution in [3.05, 3.63) is 63.8 Å². The van der Waals surface area contributed by atoms with Gasteiger partial charge in [0, 0.05) is 16.1 Å². The van der Waals surface area contributed by atoms with Crippen molar-refractivity contribution in [2.24, 2.45) is 4.99 Å². The highest BCUT2D eigenvalue weighted by Gasteiger charge is 2.27.